The maximum atomic E-state index is 11.7. The highest BCUT2D eigenvalue weighted by molar-refractivity contribution is 5.76. The summed E-state index contributed by atoms with van der Waals surface area (Å²) in [4.78, 5) is 15.8. The Hall–Kier alpha value is -2.88. The van der Waals surface area contributed by atoms with Crippen molar-refractivity contribution in [2.45, 2.75) is 25.4 Å². The quantitative estimate of drug-likeness (QED) is 0.858. The molecule has 2 heterocycles. The van der Waals surface area contributed by atoms with Gasteiger partial charge in [0.25, 0.3) is 0 Å². The molecule has 21 heavy (non-hydrogen) atoms. The van der Waals surface area contributed by atoms with Gasteiger partial charge in [0.15, 0.2) is 0 Å². The molecule has 0 spiro atoms. The van der Waals surface area contributed by atoms with Crippen LogP contribution < -0.4 is 10.6 Å². The monoisotopic (exact) mass is 282 g/mol. The van der Waals surface area contributed by atoms with E-state index in [4.69, 9.17) is 5.26 Å². The van der Waals surface area contributed by atoms with Crippen molar-refractivity contribution in [3.8, 4) is 6.07 Å². The fourth-order valence-corrected chi connectivity index (χ4v) is 1.84. The standard InChI is InChI=1S/C14H14N6O/c15-5-10-1-4-13(16-6-10)18-12-7-17-20(8-12)9-14(21)19-11-2-3-11/h1,4,6-8,11H,2-3,9H2,(H,16,18)(H,19,21). The zero-order chi connectivity index (χ0) is 14.7. The van der Waals surface area contributed by atoms with E-state index in [0.29, 0.717) is 17.4 Å². The van der Waals surface area contributed by atoms with Gasteiger partial charge in [-0.2, -0.15) is 10.4 Å². The molecule has 1 saturated carbocycles. The first-order valence-electron chi connectivity index (χ1n) is 6.68. The Balaban J connectivity index is 1.58. The highest BCUT2D eigenvalue weighted by Crippen LogP contribution is 2.18. The van der Waals surface area contributed by atoms with E-state index in [1.165, 1.54) is 6.20 Å². The third-order valence-corrected chi connectivity index (χ3v) is 3.05. The third kappa shape index (κ3) is 3.57. The predicted molar refractivity (Wildman–Crippen MR) is 75.6 cm³/mol. The first-order valence-corrected chi connectivity index (χ1v) is 6.68. The zero-order valence-electron chi connectivity index (χ0n) is 11.3. The molecule has 2 aromatic rings. The van der Waals surface area contributed by atoms with E-state index in [0.717, 1.165) is 18.5 Å². The van der Waals surface area contributed by atoms with Crippen LogP contribution in [-0.2, 0) is 11.3 Å². The summed E-state index contributed by atoms with van der Waals surface area (Å²) in [6.45, 7) is 0.207. The van der Waals surface area contributed by atoms with Gasteiger partial charge in [-0.3, -0.25) is 9.48 Å². The molecule has 7 nitrogen and oxygen atoms in total. The number of nitrogens with zero attached hydrogens (tertiary/aromatic N) is 4. The number of amides is 1. The second-order valence-corrected chi connectivity index (χ2v) is 4.94. The van der Waals surface area contributed by atoms with Gasteiger partial charge in [-0.05, 0) is 25.0 Å². The van der Waals surface area contributed by atoms with Gasteiger partial charge in [0, 0.05) is 18.4 Å². The van der Waals surface area contributed by atoms with Gasteiger partial charge >= 0.3 is 0 Å². The zero-order valence-corrected chi connectivity index (χ0v) is 11.3. The van der Waals surface area contributed by atoms with Crippen LogP contribution in [0, 0.1) is 11.3 Å². The van der Waals surface area contributed by atoms with Crippen LogP contribution in [0.3, 0.4) is 0 Å². The maximum absolute atomic E-state index is 11.7. The SMILES string of the molecule is N#Cc1ccc(Nc2cnn(CC(=O)NC3CC3)c2)nc1. The molecular formula is C14H14N6O. The van der Waals surface area contributed by atoms with Crippen molar-refractivity contribution in [3.63, 3.8) is 0 Å². The minimum atomic E-state index is -0.0244. The molecule has 0 unspecified atom stereocenters. The topological polar surface area (TPSA) is 95.6 Å². The molecule has 0 atom stereocenters. The summed E-state index contributed by atoms with van der Waals surface area (Å²) < 4.78 is 1.57. The number of nitriles is 1. The summed E-state index contributed by atoms with van der Waals surface area (Å²) in [5.41, 5.74) is 1.25. The summed E-state index contributed by atoms with van der Waals surface area (Å²) in [6, 6.07) is 5.77. The molecular weight excluding hydrogens is 268 g/mol. The second kappa shape index (κ2) is 5.63. The Bertz CT molecular complexity index is 680. The minimum Gasteiger partial charge on any atom is -0.352 e. The summed E-state index contributed by atoms with van der Waals surface area (Å²) in [5, 5.41) is 18.8. The molecule has 0 saturated heterocycles. The molecule has 0 bridgehead atoms. The van der Waals surface area contributed by atoms with E-state index in [9.17, 15) is 4.79 Å². The van der Waals surface area contributed by atoms with Crippen molar-refractivity contribution in [2.75, 3.05) is 5.32 Å². The lowest BCUT2D eigenvalue weighted by Gasteiger charge is -2.03. The Labute approximate surface area is 121 Å². The average Bonchev–Trinajstić information content (AvgIpc) is 3.19. The smallest absolute Gasteiger partial charge is 0.241 e. The van der Waals surface area contributed by atoms with Crippen LogP contribution in [-0.4, -0.2) is 26.7 Å². The van der Waals surface area contributed by atoms with Crippen LogP contribution in [0.2, 0.25) is 0 Å². The van der Waals surface area contributed by atoms with Gasteiger partial charge in [-0.15, -0.1) is 0 Å². The van der Waals surface area contributed by atoms with Gasteiger partial charge in [0.1, 0.15) is 18.4 Å². The molecule has 0 aromatic carbocycles. The van der Waals surface area contributed by atoms with E-state index in [-0.39, 0.29) is 12.5 Å². The predicted octanol–water partition coefficient (Wildman–Crippen LogP) is 1.17. The van der Waals surface area contributed by atoms with Crippen molar-refractivity contribution in [1.82, 2.24) is 20.1 Å². The van der Waals surface area contributed by atoms with E-state index in [1.807, 2.05) is 6.07 Å². The van der Waals surface area contributed by atoms with Crippen molar-refractivity contribution >= 4 is 17.4 Å². The number of hydrogen-bond donors (Lipinski definition) is 2. The molecule has 1 aliphatic rings. The second-order valence-electron chi connectivity index (χ2n) is 4.94. The van der Waals surface area contributed by atoms with Gasteiger partial charge in [-0.1, -0.05) is 0 Å². The van der Waals surface area contributed by atoms with Crippen LogP contribution in [0.5, 0.6) is 0 Å². The number of carbonyl (C=O) groups is 1. The van der Waals surface area contributed by atoms with Crippen LogP contribution >= 0.6 is 0 Å². The fraction of sp³-hybridized carbons (Fsp3) is 0.286. The van der Waals surface area contributed by atoms with E-state index in [1.54, 1.807) is 29.2 Å². The van der Waals surface area contributed by atoms with Crippen LogP contribution in [0.15, 0.2) is 30.7 Å². The Morgan fingerprint density at radius 1 is 1.43 bits per heavy atom. The van der Waals surface area contributed by atoms with Gasteiger partial charge < -0.3 is 10.6 Å². The first-order chi connectivity index (χ1) is 10.2. The average molecular weight is 282 g/mol. The Morgan fingerprint density at radius 2 is 2.29 bits per heavy atom. The number of anilines is 2. The first kappa shape index (κ1) is 13.1. The highest BCUT2D eigenvalue weighted by atomic mass is 16.2. The molecule has 3 rings (SSSR count). The number of pyridine rings is 1. The summed E-state index contributed by atoms with van der Waals surface area (Å²) in [5.74, 6) is 0.597. The van der Waals surface area contributed by atoms with Crippen molar-refractivity contribution in [2.24, 2.45) is 0 Å². The van der Waals surface area contributed by atoms with Crippen molar-refractivity contribution < 1.29 is 4.79 Å². The summed E-state index contributed by atoms with van der Waals surface area (Å²) in [6.07, 6.45) is 7.01. The fourth-order valence-electron chi connectivity index (χ4n) is 1.84. The van der Waals surface area contributed by atoms with Crippen LogP contribution in [0.25, 0.3) is 0 Å². The molecule has 2 aromatic heterocycles. The molecule has 106 valence electrons. The largest absolute Gasteiger partial charge is 0.352 e. The number of carbonyl (C=O) groups excluding carboxylic acids is 1. The lowest BCUT2D eigenvalue weighted by atomic mass is 10.3. The number of aromatic nitrogens is 3. The molecule has 7 heteroatoms. The van der Waals surface area contributed by atoms with Crippen LogP contribution in [0.1, 0.15) is 18.4 Å². The number of rotatable bonds is 5. The van der Waals surface area contributed by atoms with Crippen LogP contribution in [0.4, 0.5) is 11.5 Å². The van der Waals surface area contributed by atoms with E-state index in [2.05, 4.69) is 20.7 Å². The lowest BCUT2D eigenvalue weighted by Crippen LogP contribution is -2.29. The third-order valence-electron chi connectivity index (χ3n) is 3.05. The number of nitrogens with one attached hydrogen (secondary N) is 2. The summed E-state index contributed by atoms with van der Waals surface area (Å²) in [7, 11) is 0. The minimum absolute atomic E-state index is 0.0244. The molecule has 0 aliphatic heterocycles. The van der Waals surface area contributed by atoms with Gasteiger partial charge in [0.2, 0.25) is 5.91 Å². The summed E-state index contributed by atoms with van der Waals surface area (Å²) >= 11 is 0. The normalized spacial score (nSPS) is 13.5. The number of hydrogen-bond acceptors (Lipinski definition) is 5. The Kier molecular flexibility index (Phi) is 3.51. The molecule has 2 N–H and O–H groups in total. The highest BCUT2D eigenvalue weighted by Gasteiger charge is 2.23. The maximum Gasteiger partial charge on any atom is 0.241 e. The molecule has 1 amide bonds. The van der Waals surface area contributed by atoms with Gasteiger partial charge in [-0.25, -0.2) is 4.98 Å². The van der Waals surface area contributed by atoms with Crippen molar-refractivity contribution in [1.29, 1.82) is 5.26 Å². The van der Waals surface area contributed by atoms with Crippen molar-refractivity contribution in [3.05, 3.63) is 36.3 Å². The molecule has 0 radical (unpaired) electrons. The Morgan fingerprint density at radius 3 is 2.95 bits per heavy atom. The molecule has 1 fully saturated rings. The van der Waals surface area contributed by atoms with Gasteiger partial charge in [0.05, 0.1) is 17.4 Å². The van der Waals surface area contributed by atoms with E-state index < -0.39 is 0 Å². The molecule has 1 aliphatic carbocycles. The lowest BCUT2D eigenvalue weighted by molar-refractivity contribution is -0.122. The van der Waals surface area contributed by atoms with E-state index >= 15 is 0 Å².